The first-order chi connectivity index (χ1) is 4.31. The summed E-state index contributed by atoms with van der Waals surface area (Å²) in [5, 5.41) is 0. The second kappa shape index (κ2) is 5.22. The fourth-order valence-corrected chi connectivity index (χ4v) is 0.266. The maximum Gasteiger partial charge on any atom is 0.115 e. The maximum absolute atomic E-state index is 3.97. The van der Waals surface area contributed by atoms with Crippen molar-refractivity contribution in [2.45, 2.75) is 20.8 Å². The molecular formula is C7H12N2. The lowest BCUT2D eigenvalue weighted by molar-refractivity contribution is 1.29. The molecule has 0 aliphatic heterocycles. The molecule has 2 nitrogen and oxygen atoms in total. The maximum atomic E-state index is 3.97. The van der Waals surface area contributed by atoms with Crippen LogP contribution in [0.15, 0.2) is 21.8 Å². The highest BCUT2D eigenvalue weighted by molar-refractivity contribution is 5.71. The van der Waals surface area contributed by atoms with Gasteiger partial charge in [-0.3, -0.25) is 0 Å². The minimum absolute atomic E-state index is 0.987. The number of aliphatic imine (C=N–C) groups is 2. The van der Waals surface area contributed by atoms with Gasteiger partial charge >= 0.3 is 0 Å². The number of allylic oxidation sites excluding steroid dienone is 2. The molecule has 2 heteroatoms. The molecule has 0 rings (SSSR count). The monoisotopic (exact) mass is 124 g/mol. The normalized spacial score (nSPS) is 13.9. The van der Waals surface area contributed by atoms with Crippen LogP contribution in [0.5, 0.6) is 0 Å². The number of rotatable bonds is 2. The molecule has 0 aromatic carbocycles. The summed E-state index contributed by atoms with van der Waals surface area (Å²) < 4.78 is 0. The molecule has 50 valence electrons. The van der Waals surface area contributed by atoms with Crippen molar-refractivity contribution in [2.75, 3.05) is 0 Å². The van der Waals surface area contributed by atoms with Gasteiger partial charge in [-0.05, 0) is 20.8 Å². The third-order valence-corrected chi connectivity index (χ3v) is 0.895. The Hall–Kier alpha value is -0.920. The molecule has 0 aromatic rings. The zero-order valence-electron chi connectivity index (χ0n) is 6.13. The Morgan fingerprint density at radius 1 is 1.33 bits per heavy atom. The Morgan fingerprint density at radius 3 is 2.44 bits per heavy atom. The van der Waals surface area contributed by atoms with Crippen LogP contribution in [0.2, 0.25) is 0 Å². The Bertz CT molecular complexity index is 143. The van der Waals surface area contributed by atoms with Gasteiger partial charge in [-0.1, -0.05) is 6.08 Å². The summed E-state index contributed by atoms with van der Waals surface area (Å²) in [4.78, 5) is 7.77. The standard InChI is InChI=1S/C7H12N2/c1-4-7(3)9-6-8-5-2/h4-6H,1-3H3/b7-4-,8-5-,9-6-. The Kier molecular flexibility index (Phi) is 4.69. The molecule has 0 atom stereocenters. The lowest BCUT2D eigenvalue weighted by Gasteiger charge is -1.82. The predicted molar refractivity (Wildman–Crippen MR) is 42.1 cm³/mol. The second-order valence-corrected chi connectivity index (χ2v) is 1.58. The summed E-state index contributed by atoms with van der Waals surface area (Å²) in [6.45, 7) is 5.74. The van der Waals surface area contributed by atoms with E-state index in [0.717, 1.165) is 5.70 Å². The fraction of sp³-hybridized carbons (Fsp3) is 0.429. The first-order valence-electron chi connectivity index (χ1n) is 2.94. The molecule has 0 heterocycles. The quantitative estimate of drug-likeness (QED) is 0.397. The van der Waals surface area contributed by atoms with Crippen LogP contribution in [0, 0.1) is 0 Å². The van der Waals surface area contributed by atoms with E-state index in [1.807, 2.05) is 26.8 Å². The van der Waals surface area contributed by atoms with E-state index in [2.05, 4.69) is 9.98 Å². The molecule has 0 saturated heterocycles. The molecule has 0 aromatic heterocycles. The summed E-state index contributed by atoms with van der Waals surface area (Å²) in [5.74, 6) is 0. The average Bonchev–Trinajstić information content (AvgIpc) is 1.89. The van der Waals surface area contributed by atoms with E-state index in [1.54, 1.807) is 6.21 Å². The van der Waals surface area contributed by atoms with Gasteiger partial charge < -0.3 is 0 Å². The van der Waals surface area contributed by atoms with Gasteiger partial charge in [0.2, 0.25) is 0 Å². The van der Waals surface area contributed by atoms with Crippen molar-refractivity contribution in [2.24, 2.45) is 9.98 Å². The topological polar surface area (TPSA) is 24.7 Å². The molecule has 0 spiro atoms. The highest BCUT2D eigenvalue weighted by Crippen LogP contribution is 1.89. The van der Waals surface area contributed by atoms with Crippen LogP contribution in [0.25, 0.3) is 0 Å². The van der Waals surface area contributed by atoms with Crippen LogP contribution in [0.3, 0.4) is 0 Å². The third-order valence-electron chi connectivity index (χ3n) is 0.895. The second-order valence-electron chi connectivity index (χ2n) is 1.58. The Balaban J connectivity index is 3.71. The molecule has 0 saturated carbocycles. The van der Waals surface area contributed by atoms with Gasteiger partial charge in [0.15, 0.2) is 0 Å². The van der Waals surface area contributed by atoms with Crippen LogP contribution < -0.4 is 0 Å². The van der Waals surface area contributed by atoms with E-state index in [9.17, 15) is 0 Å². The summed E-state index contributed by atoms with van der Waals surface area (Å²) in [7, 11) is 0. The number of nitrogens with zero attached hydrogens (tertiary/aromatic N) is 2. The van der Waals surface area contributed by atoms with Crippen molar-refractivity contribution < 1.29 is 0 Å². The zero-order valence-corrected chi connectivity index (χ0v) is 6.13. The summed E-state index contributed by atoms with van der Waals surface area (Å²) in [6, 6.07) is 0. The third kappa shape index (κ3) is 4.94. The summed E-state index contributed by atoms with van der Waals surface area (Å²) in [5.41, 5.74) is 0.987. The van der Waals surface area contributed by atoms with Crippen LogP contribution >= 0.6 is 0 Å². The molecule has 0 N–H and O–H groups in total. The first-order valence-corrected chi connectivity index (χ1v) is 2.94. The van der Waals surface area contributed by atoms with Gasteiger partial charge in [-0.2, -0.15) is 0 Å². The number of hydrogen-bond donors (Lipinski definition) is 0. The van der Waals surface area contributed by atoms with E-state index in [-0.39, 0.29) is 0 Å². The van der Waals surface area contributed by atoms with Gasteiger partial charge in [0.25, 0.3) is 0 Å². The van der Waals surface area contributed by atoms with Crippen LogP contribution in [0.1, 0.15) is 20.8 Å². The van der Waals surface area contributed by atoms with Crippen molar-refractivity contribution in [1.29, 1.82) is 0 Å². The largest absolute Gasteiger partial charge is 0.250 e. The van der Waals surface area contributed by atoms with Crippen LogP contribution in [-0.2, 0) is 0 Å². The van der Waals surface area contributed by atoms with Gasteiger partial charge in [0.1, 0.15) is 6.34 Å². The first kappa shape index (κ1) is 8.08. The molecule has 9 heavy (non-hydrogen) atoms. The molecule has 0 bridgehead atoms. The fourth-order valence-electron chi connectivity index (χ4n) is 0.266. The average molecular weight is 124 g/mol. The molecule has 0 aliphatic rings. The SMILES string of the molecule is C\C=N/C=N\C(C)=C/C. The van der Waals surface area contributed by atoms with E-state index in [1.165, 1.54) is 6.34 Å². The molecule has 0 amide bonds. The minimum atomic E-state index is 0.987. The van der Waals surface area contributed by atoms with E-state index in [0.29, 0.717) is 0 Å². The van der Waals surface area contributed by atoms with Crippen molar-refractivity contribution >= 4 is 12.6 Å². The molecule has 0 radical (unpaired) electrons. The van der Waals surface area contributed by atoms with E-state index < -0.39 is 0 Å². The van der Waals surface area contributed by atoms with Crippen molar-refractivity contribution in [1.82, 2.24) is 0 Å². The van der Waals surface area contributed by atoms with E-state index in [4.69, 9.17) is 0 Å². The van der Waals surface area contributed by atoms with Gasteiger partial charge in [0.05, 0.1) is 0 Å². The van der Waals surface area contributed by atoms with E-state index >= 15 is 0 Å². The minimum Gasteiger partial charge on any atom is -0.250 e. The van der Waals surface area contributed by atoms with Gasteiger partial charge in [-0.25, -0.2) is 9.98 Å². The lowest BCUT2D eigenvalue weighted by atomic mass is 10.5. The van der Waals surface area contributed by atoms with Crippen molar-refractivity contribution in [3.8, 4) is 0 Å². The van der Waals surface area contributed by atoms with Crippen molar-refractivity contribution in [3.63, 3.8) is 0 Å². The summed E-state index contributed by atoms with van der Waals surface area (Å²) in [6.07, 6.45) is 5.17. The molecule has 0 aliphatic carbocycles. The van der Waals surface area contributed by atoms with Gasteiger partial charge in [0, 0.05) is 11.9 Å². The lowest BCUT2D eigenvalue weighted by Crippen LogP contribution is -1.69. The zero-order chi connectivity index (χ0) is 7.11. The molecule has 0 unspecified atom stereocenters. The van der Waals surface area contributed by atoms with Gasteiger partial charge in [-0.15, -0.1) is 0 Å². The Morgan fingerprint density at radius 2 is 2.00 bits per heavy atom. The van der Waals surface area contributed by atoms with Crippen molar-refractivity contribution in [3.05, 3.63) is 11.8 Å². The highest BCUT2D eigenvalue weighted by atomic mass is 14.8. The van der Waals surface area contributed by atoms with Crippen LogP contribution in [0.4, 0.5) is 0 Å². The highest BCUT2D eigenvalue weighted by Gasteiger charge is 1.72. The molecular weight excluding hydrogens is 112 g/mol. The smallest absolute Gasteiger partial charge is 0.115 e. The molecule has 0 fully saturated rings. The summed E-state index contributed by atoms with van der Waals surface area (Å²) >= 11 is 0. The number of hydrogen-bond acceptors (Lipinski definition) is 1. The Labute approximate surface area is 56.0 Å². The van der Waals surface area contributed by atoms with Crippen LogP contribution in [-0.4, -0.2) is 12.6 Å². The predicted octanol–water partition coefficient (Wildman–Crippen LogP) is 2.03.